The molecule has 5 N–H and O–H groups in total. The van der Waals surface area contributed by atoms with E-state index >= 15 is 0 Å². The molecule has 1 aromatic rings. The van der Waals surface area contributed by atoms with Crippen molar-refractivity contribution in [2.24, 2.45) is 29.4 Å². The fourth-order valence-corrected chi connectivity index (χ4v) is 7.83. The number of aliphatic hydroxyl groups excluding tert-OH is 1. The van der Waals surface area contributed by atoms with Crippen LogP contribution in [0.1, 0.15) is 86.3 Å². The van der Waals surface area contributed by atoms with Gasteiger partial charge in [-0.15, -0.1) is 0 Å². The molecule has 13 nitrogen and oxygen atoms in total. The van der Waals surface area contributed by atoms with Crippen LogP contribution >= 0.6 is 0 Å². The largest absolute Gasteiger partial charge is 0.391 e. The monoisotopic (exact) mass is 765 g/mol. The number of methoxy groups -OCH3 is 2. The fraction of sp³-hybridized carbons (Fsp3) is 0.750. The maximum absolute atomic E-state index is 14.2. The Morgan fingerprint density at radius 1 is 0.944 bits per heavy atom. The summed E-state index contributed by atoms with van der Waals surface area (Å²) in [5, 5.41) is 16.8. The summed E-state index contributed by atoms with van der Waals surface area (Å²) >= 11 is 0. The Hall–Kier alpha value is -3.17. The Bertz CT molecular complexity index is 1360. The van der Waals surface area contributed by atoms with E-state index in [9.17, 15) is 28.7 Å². The first kappa shape index (κ1) is 47.0. The van der Waals surface area contributed by atoms with Gasteiger partial charge in [0.1, 0.15) is 11.9 Å². The molecule has 0 saturated carbocycles. The Morgan fingerprint density at radius 3 is 2.02 bits per heavy atom. The topological polar surface area (TPSA) is 167 Å². The molecule has 1 saturated heterocycles. The molecule has 0 bridgehead atoms. The second-order valence-corrected chi connectivity index (χ2v) is 16.1. The van der Waals surface area contributed by atoms with Crippen LogP contribution in [-0.4, -0.2) is 134 Å². The number of hydrogen-bond donors (Lipinski definition) is 4. The summed E-state index contributed by atoms with van der Waals surface area (Å²) in [5.41, 5.74) is 7.04. The number of benzene rings is 1. The Morgan fingerprint density at radius 2 is 1.54 bits per heavy atom. The third-order valence-electron chi connectivity index (χ3n) is 11.1. The lowest BCUT2D eigenvalue weighted by atomic mass is 9.89. The van der Waals surface area contributed by atoms with Crippen LogP contribution in [-0.2, 0) is 28.7 Å². The van der Waals surface area contributed by atoms with Gasteiger partial charge in [0.15, 0.2) is 0 Å². The van der Waals surface area contributed by atoms with E-state index in [4.69, 9.17) is 15.2 Å². The van der Waals surface area contributed by atoms with Crippen LogP contribution in [0.5, 0.6) is 0 Å². The van der Waals surface area contributed by atoms with Gasteiger partial charge in [0.25, 0.3) is 0 Å². The molecule has 1 fully saturated rings. The normalized spacial score (nSPS) is 21.2. The number of hydrogen-bond acceptors (Lipinski definition) is 9. The van der Waals surface area contributed by atoms with Crippen LogP contribution in [0.4, 0.5) is 4.39 Å². The molecule has 0 spiro atoms. The molecule has 1 heterocycles. The number of carbonyl (C=O) groups excluding carboxylic acids is 4. The number of nitrogens with zero attached hydrogens (tertiary/aromatic N) is 3. The van der Waals surface area contributed by atoms with Crippen molar-refractivity contribution < 1.29 is 38.1 Å². The van der Waals surface area contributed by atoms with Crippen LogP contribution in [0.2, 0.25) is 0 Å². The lowest BCUT2D eigenvalue weighted by Gasteiger charge is -2.41. The van der Waals surface area contributed by atoms with E-state index in [0.717, 1.165) is 0 Å². The summed E-state index contributed by atoms with van der Waals surface area (Å²) < 4.78 is 25.3. The molecule has 1 aliphatic rings. The van der Waals surface area contributed by atoms with Crippen molar-refractivity contribution in [2.45, 2.75) is 129 Å². The molecular formula is C40H69FN6O7. The van der Waals surface area contributed by atoms with Gasteiger partial charge in [-0.1, -0.05) is 67.0 Å². The molecule has 4 amide bonds. The summed E-state index contributed by atoms with van der Waals surface area (Å²) in [6.07, 6.45) is -1.51. The zero-order valence-electron chi connectivity index (χ0n) is 34.8. The average molecular weight is 765 g/mol. The van der Waals surface area contributed by atoms with E-state index in [2.05, 4.69) is 10.6 Å². The van der Waals surface area contributed by atoms with E-state index in [1.165, 1.54) is 26.4 Å². The fourth-order valence-electron chi connectivity index (χ4n) is 7.83. The number of rotatable bonds is 20. The van der Waals surface area contributed by atoms with Crippen LogP contribution in [0.25, 0.3) is 0 Å². The molecule has 0 radical (unpaired) electrons. The second-order valence-electron chi connectivity index (χ2n) is 16.1. The van der Waals surface area contributed by atoms with Gasteiger partial charge in [-0.3, -0.25) is 24.1 Å². The van der Waals surface area contributed by atoms with Crippen molar-refractivity contribution in [1.82, 2.24) is 25.3 Å². The van der Waals surface area contributed by atoms with Gasteiger partial charge in [-0.2, -0.15) is 0 Å². The SMILES string of the molecule is CCC(C)C([C@@H](CC(=O)N1C[C@@H](O)C[C@H]1[C@H](OC)[C@@H](C)C(=O)N[C@H](C)C(N)c1ccc(F)cc1)OC)N(C)C(=O)[C@@H](NC(=O)C(C(C)C)N(C)C)C(C)C. The standard InChI is InChI=1S/C40H69FN6O7/c1-14-24(6)36(46(11)40(52)34(22(2)3)44-39(51)35(23(4)5)45(9)10)31(53-12)20-32(49)47-21-29(48)19-30(47)37(54-13)25(7)38(50)43-26(8)33(42)27-15-17-28(41)18-16-27/h15-18,22-26,29-31,33-37,48H,14,19-21,42H2,1-13H3,(H,43,50)(H,44,51)/t24?,25-,26-,29+,30+,31-,33?,34+,35?,36?,37-/m1/s1. The molecular weight excluding hydrogens is 695 g/mol. The number of likely N-dealkylation sites (N-methyl/N-ethyl adjacent to an activating group) is 2. The van der Waals surface area contributed by atoms with Crippen LogP contribution in [0.3, 0.4) is 0 Å². The predicted octanol–water partition coefficient (Wildman–Crippen LogP) is 2.95. The first-order valence-corrected chi connectivity index (χ1v) is 19.3. The van der Waals surface area contributed by atoms with Crippen LogP contribution in [0, 0.1) is 29.5 Å². The smallest absolute Gasteiger partial charge is 0.245 e. The van der Waals surface area contributed by atoms with Crippen LogP contribution < -0.4 is 16.4 Å². The lowest BCUT2D eigenvalue weighted by Crippen LogP contribution is -2.59. The molecule has 11 atom stereocenters. The highest BCUT2D eigenvalue weighted by Gasteiger charge is 2.45. The van der Waals surface area contributed by atoms with Crippen molar-refractivity contribution in [3.05, 3.63) is 35.6 Å². The number of ether oxygens (including phenoxy) is 2. The number of likely N-dealkylation sites (tertiary alicyclic amines) is 1. The van der Waals surface area contributed by atoms with Gasteiger partial charge < -0.3 is 40.7 Å². The zero-order valence-corrected chi connectivity index (χ0v) is 34.8. The summed E-state index contributed by atoms with van der Waals surface area (Å²) in [4.78, 5) is 60.4. The third kappa shape index (κ3) is 11.9. The molecule has 1 aromatic carbocycles. The lowest BCUT2D eigenvalue weighted by molar-refractivity contribution is -0.148. The highest BCUT2D eigenvalue weighted by atomic mass is 19.1. The third-order valence-corrected chi connectivity index (χ3v) is 11.1. The Balaban J connectivity index is 2.29. The minimum Gasteiger partial charge on any atom is -0.391 e. The van der Waals surface area contributed by atoms with Gasteiger partial charge in [0.2, 0.25) is 23.6 Å². The second kappa shape index (κ2) is 21.2. The predicted molar refractivity (Wildman–Crippen MR) is 208 cm³/mol. The van der Waals surface area contributed by atoms with Crippen molar-refractivity contribution in [2.75, 3.05) is 41.9 Å². The van der Waals surface area contributed by atoms with Gasteiger partial charge in [-0.05, 0) is 62.9 Å². The number of aliphatic hydroxyl groups is 1. The Kier molecular flexibility index (Phi) is 18.5. The van der Waals surface area contributed by atoms with Crippen molar-refractivity contribution >= 4 is 23.6 Å². The first-order valence-electron chi connectivity index (χ1n) is 19.3. The zero-order chi connectivity index (χ0) is 41.2. The van der Waals surface area contributed by atoms with Crippen LogP contribution in [0.15, 0.2) is 24.3 Å². The molecule has 1 aliphatic heterocycles. The molecule has 14 heteroatoms. The van der Waals surface area contributed by atoms with Crippen molar-refractivity contribution in [3.63, 3.8) is 0 Å². The van der Waals surface area contributed by atoms with Gasteiger partial charge in [0, 0.05) is 39.9 Å². The van der Waals surface area contributed by atoms with Gasteiger partial charge >= 0.3 is 0 Å². The highest BCUT2D eigenvalue weighted by molar-refractivity contribution is 5.90. The van der Waals surface area contributed by atoms with E-state index in [1.54, 1.807) is 42.8 Å². The number of nitrogens with two attached hydrogens (primary N) is 1. The average Bonchev–Trinajstić information content (AvgIpc) is 3.50. The summed E-state index contributed by atoms with van der Waals surface area (Å²) in [5.74, 6) is -2.54. The molecule has 4 unspecified atom stereocenters. The first-order chi connectivity index (χ1) is 25.2. The maximum Gasteiger partial charge on any atom is 0.245 e. The van der Waals surface area contributed by atoms with E-state index in [0.29, 0.717) is 12.0 Å². The summed E-state index contributed by atoms with van der Waals surface area (Å²) in [7, 11) is 8.35. The molecule has 0 aromatic heterocycles. The Labute approximate surface area is 322 Å². The molecule has 0 aliphatic carbocycles. The number of β-amino-alcohol motifs (C(OH)–C–C–N with tert-alkyl or cyclic N) is 1. The summed E-state index contributed by atoms with van der Waals surface area (Å²) in [6, 6.07) is 2.33. The molecule has 308 valence electrons. The number of carbonyl (C=O) groups is 4. The molecule has 54 heavy (non-hydrogen) atoms. The van der Waals surface area contributed by atoms with Crippen molar-refractivity contribution in [1.29, 1.82) is 0 Å². The van der Waals surface area contributed by atoms with Gasteiger partial charge in [-0.25, -0.2) is 4.39 Å². The van der Waals surface area contributed by atoms with Gasteiger partial charge in [0.05, 0.1) is 48.8 Å². The van der Waals surface area contributed by atoms with Crippen molar-refractivity contribution in [3.8, 4) is 0 Å². The maximum atomic E-state index is 14.2. The quantitative estimate of drug-likeness (QED) is 0.156. The number of halogens is 1. The number of nitrogens with one attached hydrogen (secondary N) is 2. The van der Waals surface area contributed by atoms with E-state index in [1.807, 2.05) is 60.5 Å². The minimum atomic E-state index is -0.833. The minimum absolute atomic E-state index is 0.0232. The number of amides is 4. The molecule has 2 rings (SSSR count). The van der Waals surface area contributed by atoms with E-state index in [-0.39, 0.29) is 66.6 Å². The summed E-state index contributed by atoms with van der Waals surface area (Å²) in [6.45, 7) is 15.2. The van der Waals surface area contributed by atoms with E-state index < -0.39 is 60.5 Å². The highest BCUT2D eigenvalue weighted by Crippen LogP contribution is 2.30.